The van der Waals surface area contributed by atoms with E-state index in [0.717, 1.165) is 83.5 Å². The van der Waals surface area contributed by atoms with Gasteiger partial charge in [-0.2, -0.15) is 0 Å². The molecular formula is C70H126NO8P. The Morgan fingerprint density at radius 3 is 1.06 bits per heavy atom. The lowest BCUT2D eigenvalue weighted by molar-refractivity contribution is -0.870. The molecule has 0 spiro atoms. The molecule has 0 amide bonds. The van der Waals surface area contributed by atoms with Crippen LogP contribution in [0.2, 0.25) is 0 Å². The first-order chi connectivity index (χ1) is 39.0. The number of likely N-dealkylation sites (N-methyl/N-ethyl adjacent to an activating group) is 1. The maximum atomic E-state index is 12.8. The van der Waals surface area contributed by atoms with Crippen molar-refractivity contribution < 1.29 is 42.1 Å². The van der Waals surface area contributed by atoms with E-state index in [1.807, 2.05) is 21.1 Å². The van der Waals surface area contributed by atoms with Gasteiger partial charge in [-0.1, -0.05) is 279 Å². The predicted octanol–water partition coefficient (Wildman–Crippen LogP) is 20.7. The van der Waals surface area contributed by atoms with Crippen molar-refractivity contribution in [2.24, 2.45) is 0 Å². The number of phosphoric acid groups is 1. The molecule has 0 aromatic carbocycles. The highest BCUT2D eigenvalue weighted by Crippen LogP contribution is 2.38. The molecule has 0 saturated carbocycles. The van der Waals surface area contributed by atoms with Crippen molar-refractivity contribution in [2.75, 3.05) is 47.5 Å². The van der Waals surface area contributed by atoms with Gasteiger partial charge in [-0.3, -0.25) is 14.2 Å². The second kappa shape index (κ2) is 60.8. The quantitative estimate of drug-likeness (QED) is 0.0195. The van der Waals surface area contributed by atoms with Crippen LogP contribution >= 0.6 is 7.82 Å². The summed E-state index contributed by atoms with van der Waals surface area (Å²) in [6, 6.07) is 0. The van der Waals surface area contributed by atoms with E-state index in [0.29, 0.717) is 23.9 Å². The number of hydrogen-bond donors (Lipinski definition) is 0. The Balaban J connectivity index is 4.03. The van der Waals surface area contributed by atoms with Crippen LogP contribution in [0.15, 0.2) is 85.1 Å². The Morgan fingerprint density at radius 1 is 0.400 bits per heavy atom. The van der Waals surface area contributed by atoms with E-state index in [9.17, 15) is 19.0 Å². The molecule has 0 heterocycles. The van der Waals surface area contributed by atoms with Gasteiger partial charge in [0.2, 0.25) is 0 Å². The van der Waals surface area contributed by atoms with Gasteiger partial charge in [0, 0.05) is 12.8 Å². The topological polar surface area (TPSA) is 111 Å². The zero-order valence-electron chi connectivity index (χ0n) is 52.8. The van der Waals surface area contributed by atoms with Gasteiger partial charge in [0.15, 0.2) is 6.10 Å². The number of allylic oxidation sites excluding steroid dienone is 14. The van der Waals surface area contributed by atoms with Crippen molar-refractivity contribution in [3.8, 4) is 0 Å². The number of nitrogens with zero attached hydrogens (tertiary/aromatic N) is 1. The minimum atomic E-state index is -4.64. The van der Waals surface area contributed by atoms with Gasteiger partial charge in [-0.25, -0.2) is 0 Å². The summed E-state index contributed by atoms with van der Waals surface area (Å²) < 4.78 is 34.2. The molecule has 0 aliphatic heterocycles. The van der Waals surface area contributed by atoms with Crippen LogP contribution in [0, 0.1) is 0 Å². The van der Waals surface area contributed by atoms with E-state index < -0.39 is 32.5 Å². The molecule has 0 N–H and O–H groups in total. The molecule has 2 atom stereocenters. The summed E-state index contributed by atoms with van der Waals surface area (Å²) in [5.74, 6) is -0.839. The van der Waals surface area contributed by atoms with E-state index in [2.05, 4.69) is 98.9 Å². The molecule has 9 nitrogen and oxygen atoms in total. The summed E-state index contributed by atoms with van der Waals surface area (Å²) in [5, 5.41) is 0. The molecule has 0 rings (SSSR count). The lowest BCUT2D eigenvalue weighted by atomic mass is 10.0. The summed E-state index contributed by atoms with van der Waals surface area (Å²) in [7, 11) is 1.16. The van der Waals surface area contributed by atoms with Crippen LogP contribution in [0.5, 0.6) is 0 Å². The van der Waals surface area contributed by atoms with Crippen LogP contribution in [-0.4, -0.2) is 70.0 Å². The number of quaternary nitrogens is 1. The summed E-state index contributed by atoms with van der Waals surface area (Å²) in [6.45, 7) is 4.13. The predicted molar refractivity (Wildman–Crippen MR) is 342 cm³/mol. The van der Waals surface area contributed by atoms with Crippen molar-refractivity contribution in [2.45, 2.75) is 302 Å². The van der Waals surface area contributed by atoms with Gasteiger partial charge in [-0.05, 0) is 89.9 Å². The summed E-state index contributed by atoms with van der Waals surface area (Å²) in [5.41, 5.74) is 0. The van der Waals surface area contributed by atoms with Crippen molar-refractivity contribution in [1.29, 1.82) is 0 Å². The zero-order valence-corrected chi connectivity index (χ0v) is 53.7. The SMILES string of the molecule is CC/C=C\C/C=C\C/C=C\C/C=C\CCCCCCCCCCCCCCCCCCCCCCCCC(=O)OC(COC(=O)CCCCCCCC/C=C\C/C=C\C/C=C\CCCCCCC)COP(=O)([O-])OCC[N+](C)(C)C. The maximum absolute atomic E-state index is 12.8. The lowest BCUT2D eigenvalue weighted by Crippen LogP contribution is -2.37. The molecule has 2 unspecified atom stereocenters. The third-order valence-corrected chi connectivity index (χ3v) is 15.4. The Morgan fingerprint density at radius 2 is 0.713 bits per heavy atom. The molecule has 0 aliphatic rings. The standard InChI is InChI=1S/C70H126NO8P/c1-6-8-10-12-14-16-18-20-22-24-26-28-29-30-31-32-33-34-35-36-37-38-39-40-41-43-45-47-49-51-53-55-57-59-61-63-70(73)79-68(67-78-80(74,75)77-65-64-71(3,4)5)66-76-69(72)62-60-58-56-54-52-50-48-46-44-42-27-25-23-21-19-17-15-13-11-9-7-2/h8,10,14,16,19-22,25-28,44,46,68H,6-7,9,11-13,15,17-18,23-24,29-43,45,47-67H2,1-5H3/b10-8-,16-14-,21-19-,22-20-,27-25-,28-26-,46-44-. The number of rotatable bonds is 61. The van der Waals surface area contributed by atoms with Crippen LogP contribution in [0.3, 0.4) is 0 Å². The number of esters is 2. The smallest absolute Gasteiger partial charge is 0.306 e. The van der Waals surface area contributed by atoms with Crippen LogP contribution in [0.1, 0.15) is 296 Å². The average Bonchev–Trinajstić information content (AvgIpc) is 3.42. The largest absolute Gasteiger partial charge is 0.756 e. The van der Waals surface area contributed by atoms with E-state index in [1.54, 1.807) is 0 Å². The first-order valence-electron chi connectivity index (χ1n) is 33.3. The van der Waals surface area contributed by atoms with Crippen LogP contribution in [-0.2, 0) is 32.7 Å². The number of unbranched alkanes of at least 4 members (excludes halogenated alkanes) is 33. The van der Waals surface area contributed by atoms with Gasteiger partial charge < -0.3 is 27.9 Å². The van der Waals surface area contributed by atoms with Gasteiger partial charge >= 0.3 is 11.9 Å². The first-order valence-corrected chi connectivity index (χ1v) is 34.8. The van der Waals surface area contributed by atoms with Crippen LogP contribution in [0.25, 0.3) is 0 Å². The minimum Gasteiger partial charge on any atom is -0.756 e. The Labute approximate surface area is 494 Å². The summed E-state index contributed by atoms with van der Waals surface area (Å²) >= 11 is 0. The molecule has 0 radical (unpaired) electrons. The van der Waals surface area contributed by atoms with Gasteiger partial charge in [0.05, 0.1) is 27.7 Å². The normalized spacial score (nSPS) is 13.7. The van der Waals surface area contributed by atoms with Crippen LogP contribution < -0.4 is 4.89 Å². The van der Waals surface area contributed by atoms with E-state index in [1.165, 1.54) is 173 Å². The fraction of sp³-hybridized carbons (Fsp3) is 0.771. The van der Waals surface area contributed by atoms with E-state index in [-0.39, 0.29) is 26.1 Å². The Kier molecular flexibility index (Phi) is 58.6. The molecule has 0 fully saturated rings. The van der Waals surface area contributed by atoms with Crippen molar-refractivity contribution in [3.63, 3.8) is 0 Å². The summed E-state index contributed by atoms with van der Waals surface area (Å²) in [6.07, 6.45) is 82.3. The molecule has 80 heavy (non-hydrogen) atoms. The first kappa shape index (κ1) is 77.2. The highest BCUT2D eigenvalue weighted by atomic mass is 31.2. The molecule has 0 saturated heterocycles. The Bertz CT molecular complexity index is 1630. The van der Waals surface area contributed by atoms with E-state index in [4.69, 9.17) is 18.5 Å². The molecule has 10 heteroatoms. The maximum Gasteiger partial charge on any atom is 0.306 e. The average molecular weight is 1140 g/mol. The van der Waals surface area contributed by atoms with Gasteiger partial charge in [0.25, 0.3) is 7.82 Å². The van der Waals surface area contributed by atoms with Crippen molar-refractivity contribution in [1.82, 2.24) is 0 Å². The van der Waals surface area contributed by atoms with E-state index >= 15 is 0 Å². The van der Waals surface area contributed by atoms with Crippen LogP contribution in [0.4, 0.5) is 0 Å². The van der Waals surface area contributed by atoms with Gasteiger partial charge in [0.1, 0.15) is 19.8 Å². The fourth-order valence-corrected chi connectivity index (χ4v) is 10.0. The molecule has 0 aromatic rings. The molecule has 0 aromatic heterocycles. The highest BCUT2D eigenvalue weighted by molar-refractivity contribution is 7.45. The molecule has 0 bridgehead atoms. The molecule has 0 aliphatic carbocycles. The number of ether oxygens (including phenoxy) is 2. The monoisotopic (exact) mass is 1140 g/mol. The minimum absolute atomic E-state index is 0.0344. The lowest BCUT2D eigenvalue weighted by Gasteiger charge is -2.28. The molecule has 464 valence electrons. The number of hydrogen-bond acceptors (Lipinski definition) is 8. The number of phosphoric ester groups is 1. The summed E-state index contributed by atoms with van der Waals surface area (Å²) in [4.78, 5) is 38.0. The third-order valence-electron chi connectivity index (χ3n) is 14.4. The highest BCUT2D eigenvalue weighted by Gasteiger charge is 2.22. The second-order valence-electron chi connectivity index (χ2n) is 23.5. The fourth-order valence-electron chi connectivity index (χ4n) is 9.30. The number of carbonyl (C=O) groups excluding carboxylic acids is 2. The number of carbonyl (C=O) groups is 2. The zero-order chi connectivity index (χ0) is 58.4. The Hall–Kier alpha value is -2.81. The second-order valence-corrected chi connectivity index (χ2v) is 24.9. The van der Waals surface area contributed by atoms with Crippen molar-refractivity contribution >= 4 is 19.8 Å². The third kappa shape index (κ3) is 64.4. The van der Waals surface area contributed by atoms with Crippen molar-refractivity contribution in [3.05, 3.63) is 85.1 Å². The molecular weight excluding hydrogens is 1010 g/mol. The van der Waals surface area contributed by atoms with Gasteiger partial charge in [-0.15, -0.1) is 0 Å².